The third-order valence-electron chi connectivity index (χ3n) is 5.96. The quantitative estimate of drug-likeness (QED) is 0.691. The highest BCUT2D eigenvalue weighted by Crippen LogP contribution is 2.43. The van der Waals surface area contributed by atoms with Crippen molar-refractivity contribution in [1.29, 1.82) is 0 Å². The lowest BCUT2D eigenvalue weighted by molar-refractivity contribution is -0.116. The minimum Gasteiger partial charge on any atom is -0.344 e. The smallest absolute Gasteiger partial charge is 0.332 e. The molecule has 29 heavy (non-hydrogen) atoms. The second-order valence-corrected chi connectivity index (χ2v) is 7.65. The molecule has 1 unspecified atom stereocenters. The summed E-state index contributed by atoms with van der Waals surface area (Å²) in [6, 6.07) is 9.64. The van der Waals surface area contributed by atoms with E-state index in [4.69, 9.17) is 0 Å². The number of anilines is 1. The van der Waals surface area contributed by atoms with E-state index in [1.807, 2.05) is 30.3 Å². The Morgan fingerprint density at radius 1 is 1.07 bits per heavy atom. The van der Waals surface area contributed by atoms with Crippen LogP contribution >= 0.6 is 0 Å². The average Bonchev–Trinajstić information content (AvgIpc) is 2.74. The highest BCUT2D eigenvalue weighted by molar-refractivity contribution is 6.01. The van der Waals surface area contributed by atoms with Crippen molar-refractivity contribution in [2.24, 2.45) is 14.1 Å². The summed E-state index contributed by atoms with van der Waals surface area (Å²) in [5.74, 6) is 0.0172. The van der Waals surface area contributed by atoms with Gasteiger partial charge in [0.25, 0.3) is 5.56 Å². The fourth-order valence-corrected chi connectivity index (χ4v) is 4.50. The Morgan fingerprint density at radius 2 is 1.90 bits per heavy atom. The average molecular weight is 388 g/mol. The first-order chi connectivity index (χ1) is 14.0. The maximum Gasteiger partial charge on any atom is 0.332 e. The van der Waals surface area contributed by atoms with Gasteiger partial charge < -0.3 is 5.32 Å². The van der Waals surface area contributed by atoms with E-state index in [0.717, 1.165) is 39.6 Å². The van der Waals surface area contributed by atoms with Crippen LogP contribution in [-0.2, 0) is 18.9 Å². The molecule has 146 valence electrons. The van der Waals surface area contributed by atoms with Crippen LogP contribution in [0.25, 0.3) is 10.9 Å². The van der Waals surface area contributed by atoms with Gasteiger partial charge in [-0.1, -0.05) is 12.1 Å². The van der Waals surface area contributed by atoms with Gasteiger partial charge in [-0.2, -0.15) is 0 Å². The van der Waals surface area contributed by atoms with Crippen molar-refractivity contribution in [2.75, 3.05) is 5.32 Å². The van der Waals surface area contributed by atoms with Crippen LogP contribution in [0.3, 0.4) is 0 Å². The molecular weight excluding hydrogens is 368 g/mol. The van der Waals surface area contributed by atoms with Gasteiger partial charge in [-0.05, 0) is 36.6 Å². The maximum atomic E-state index is 13.2. The zero-order chi connectivity index (χ0) is 20.3. The van der Waals surface area contributed by atoms with Gasteiger partial charge in [0.05, 0.1) is 11.1 Å². The molecule has 0 spiro atoms. The SMILES string of the molecule is Cn1c2c(c(=O)n(C)c1=O)C(c1ccc3ncccc3c1)C1=C(CCCC1=O)N2. The van der Waals surface area contributed by atoms with Gasteiger partial charge in [-0.25, -0.2) is 4.79 Å². The molecule has 0 fully saturated rings. The molecule has 7 nitrogen and oxygen atoms in total. The number of fused-ring (bicyclic) bond motifs is 2. The molecule has 5 rings (SSSR count). The Balaban J connectivity index is 1.86. The van der Waals surface area contributed by atoms with Crippen molar-refractivity contribution >= 4 is 22.5 Å². The minimum atomic E-state index is -0.510. The third-order valence-corrected chi connectivity index (χ3v) is 5.96. The molecule has 0 saturated heterocycles. The third kappa shape index (κ3) is 2.50. The van der Waals surface area contributed by atoms with Crippen LogP contribution in [0.4, 0.5) is 5.82 Å². The lowest BCUT2D eigenvalue weighted by atomic mass is 9.76. The van der Waals surface area contributed by atoms with Gasteiger partial charge in [0.1, 0.15) is 5.82 Å². The van der Waals surface area contributed by atoms with E-state index in [2.05, 4.69) is 10.3 Å². The Labute approximate surface area is 166 Å². The zero-order valence-corrected chi connectivity index (χ0v) is 16.2. The van der Waals surface area contributed by atoms with Gasteiger partial charge in [0.15, 0.2) is 5.78 Å². The van der Waals surface area contributed by atoms with E-state index in [9.17, 15) is 14.4 Å². The van der Waals surface area contributed by atoms with Crippen molar-refractivity contribution < 1.29 is 4.79 Å². The van der Waals surface area contributed by atoms with Crippen LogP contribution in [0.5, 0.6) is 0 Å². The van der Waals surface area contributed by atoms with Crippen LogP contribution in [0, 0.1) is 0 Å². The Morgan fingerprint density at radius 3 is 2.72 bits per heavy atom. The largest absolute Gasteiger partial charge is 0.344 e. The lowest BCUT2D eigenvalue weighted by Gasteiger charge is -2.34. The summed E-state index contributed by atoms with van der Waals surface area (Å²) < 4.78 is 2.56. The lowest BCUT2D eigenvalue weighted by Crippen LogP contribution is -2.44. The summed E-state index contributed by atoms with van der Waals surface area (Å²) in [5.41, 5.74) is 2.82. The van der Waals surface area contributed by atoms with E-state index >= 15 is 0 Å². The molecule has 0 saturated carbocycles. The molecule has 1 aliphatic carbocycles. The topological polar surface area (TPSA) is 86.0 Å². The van der Waals surface area contributed by atoms with E-state index in [1.54, 1.807) is 13.2 Å². The first kappa shape index (κ1) is 17.6. The number of nitrogens with zero attached hydrogens (tertiary/aromatic N) is 3. The Hall–Kier alpha value is -3.48. The Bertz CT molecular complexity index is 1350. The van der Waals surface area contributed by atoms with Gasteiger partial charge >= 0.3 is 5.69 Å². The van der Waals surface area contributed by atoms with Crippen molar-refractivity contribution in [1.82, 2.24) is 14.1 Å². The number of nitrogens with one attached hydrogen (secondary N) is 1. The van der Waals surface area contributed by atoms with Crippen LogP contribution < -0.4 is 16.6 Å². The van der Waals surface area contributed by atoms with E-state index in [0.29, 0.717) is 23.4 Å². The second kappa shape index (κ2) is 6.27. The van der Waals surface area contributed by atoms with Crippen LogP contribution in [0.2, 0.25) is 0 Å². The van der Waals surface area contributed by atoms with Gasteiger partial charge in [0.2, 0.25) is 0 Å². The number of benzene rings is 1. The molecule has 0 amide bonds. The van der Waals surface area contributed by atoms with E-state index < -0.39 is 11.6 Å². The van der Waals surface area contributed by atoms with Crippen molar-refractivity contribution in [3.63, 3.8) is 0 Å². The molecular formula is C22H20N4O3. The molecule has 7 heteroatoms. The normalized spacial score (nSPS) is 18.4. The number of Topliss-reactive ketones (excluding diaryl/α,β-unsaturated/α-hetero) is 1. The fourth-order valence-electron chi connectivity index (χ4n) is 4.50. The van der Waals surface area contributed by atoms with Gasteiger partial charge in [0, 0.05) is 49.3 Å². The summed E-state index contributed by atoms with van der Waals surface area (Å²) in [4.78, 5) is 43.0. The second-order valence-electron chi connectivity index (χ2n) is 7.65. The van der Waals surface area contributed by atoms with Crippen molar-refractivity contribution in [3.8, 4) is 0 Å². The van der Waals surface area contributed by atoms with E-state index in [-0.39, 0.29) is 11.3 Å². The molecule has 0 bridgehead atoms. The molecule has 0 radical (unpaired) electrons. The molecule has 1 atom stereocenters. The first-order valence-corrected chi connectivity index (χ1v) is 9.65. The van der Waals surface area contributed by atoms with E-state index in [1.165, 1.54) is 11.6 Å². The number of rotatable bonds is 1. The fraction of sp³-hybridized carbons (Fsp3) is 0.273. The number of aromatic nitrogens is 3. The number of carbonyl (C=O) groups excluding carboxylic acids is 1. The van der Waals surface area contributed by atoms with Crippen LogP contribution in [0.15, 0.2) is 57.4 Å². The van der Waals surface area contributed by atoms with Gasteiger partial charge in [-0.3, -0.25) is 23.7 Å². The predicted molar refractivity (Wildman–Crippen MR) is 110 cm³/mol. The molecule has 2 aliphatic rings. The molecule has 1 N–H and O–H groups in total. The number of hydrogen-bond donors (Lipinski definition) is 1. The first-order valence-electron chi connectivity index (χ1n) is 9.65. The maximum absolute atomic E-state index is 13.2. The number of allylic oxidation sites excluding steroid dienone is 2. The van der Waals surface area contributed by atoms with Gasteiger partial charge in [-0.15, -0.1) is 0 Å². The number of pyridine rings is 1. The number of ketones is 1. The summed E-state index contributed by atoms with van der Waals surface area (Å²) in [7, 11) is 3.12. The summed E-state index contributed by atoms with van der Waals surface area (Å²) >= 11 is 0. The van der Waals surface area contributed by atoms with Crippen LogP contribution in [-0.4, -0.2) is 19.9 Å². The monoisotopic (exact) mass is 388 g/mol. The standard InChI is InChI=1S/C22H20N4O3/c1-25-20-19(21(28)26(2)22(25)29)17(18-15(24-20)6-3-7-16(18)27)13-8-9-14-12(11-13)5-4-10-23-14/h4-5,8-11,17,24H,3,6-7H2,1-2H3. The molecule has 1 aromatic carbocycles. The zero-order valence-electron chi connectivity index (χ0n) is 16.2. The molecule has 3 aromatic rings. The summed E-state index contributed by atoms with van der Waals surface area (Å²) in [6.45, 7) is 0. The minimum absolute atomic E-state index is 0.0524. The number of hydrogen-bond acceptors (Lipinski definition) is 5. The summed E-state index contributed by atoms with van der Waals surface area (Å²) in [5, 5.41) is 4.18. The molecule has 3 heterocycles. The Kier molecular flexibility index (Phi) is 3.81. The molecule has 1 aliphatic heterocycles. The van der Waals surface area contributed by atoms with Crippen molar-refractivity contribution in [2.45, 2.75) is 25.2 Å². The van der Waals surface area contributed by atoms with Crippen LogP contribution in [0.1, 0.15) is 36.3 Å². The highest BCUT2D eigenvalue weighted by atomic mass is 16.2. The van der Waals surface area contributed by atoms with Crippen molar-refractivity contribution in [3.05, 3.63) is 79.8 Å². The molecule has 2 aromatic heterocycles. The summed E-state index contributed by atoms with van der Waals surface area (Å²) in [6.07, 6.45) is 3.68. The highest BCUT2D eigenvalue weighted by Gasteiger charge is 2.38. The number of carbonyl (C=O) groups is 1. The predicted octanol–water partition coefficient (Wildman–Crippen LogP) is 2.20.